The second kappa shape index (κ2) is 8.19. The molecule has 0 saturated heterocycles. The predicted octanol–water partition coefficient (Wildman–Crippen LogP) is 3.20. The van der Waals surface area contributed by atoms with Crippen molar-refractivity contribution >= 4 is 17.4 Å². The Morgan fingerprint density at radius 3 is 2.20 bits per heavy atom. The number of nitro groups is 1. The largest absolute Gasteiger partial charge is 0.325 e. The third-order valence-electron chi connectivity index (χ3n) is 4.02. The van der Waals surface area contributed by atoms with Crippen LogP contribution in [0.3, 0.4) is 0 Å². The van der Waals surface area contributed by atoms with Gasteiger partial charge in [0, 0.05) is 10.6 Å². The van der Waals surface area contributed by atoms with Gasteiger partial charge in [0.15, 0.2) is 0 Å². The summed E-state index contributed by atoms with van der Waals surface area (Å²) in [5, 5.41) is 13.8. The number of carbonyl (C=O) groups excluding carboxylic acids is 2. The number of amides is 1. The number of hydrogen-bond acceptors (Lipinski definition) is 4. The molecule has 1 N–H and O–H groups in total. The van der Waals surface area contributed by atoms with E-state index in [-0.39, 0.29) is 0 Å². The van der Waals surface area contributed by atoms with Crippen LogP contribution in [0.15, 0.2) is 54.6 Å². The first-order valence-electron chi connectivity index (χ1n) is 7.93. The molecule has 1 amide bonds. The number of hydrogen-bond donors (Lipinski definition) is 1. The third kappa shape index (κ3) is 4.97. The Morgan fingerprint density at radius 1 is 1.08 bits per heavy atom. The quantitative estimate of drug-likeness (QED) is 0.476. The number of anilines is 1. The van der Waals surface area contributed by atoms with Crippen LogP contribution >= 0.6 is 0 Å². The van der Waals surface area contributed by atoms with E-state index in [9.17, 15) is 19.7 Å². The van der Waals surface area contributed by atoms with E-state index < -0.39 is 35.0 Å². The number of para-hydroxylation sites is 1. The highest BCUT2D eigenvalue weighted by Gasteiger charge is 2.36. The number of nitrogens with one attached hydrogen (secondary N) is 1. The minimum atomic E-state index is -1.13. The zero-order valence-corrected chi connectivity index (χ0v) is 14.1. The van der Waals surface area contributed by atoms with E-state index in [1.807, 2.05) is 19.1 Å². The minimum Gasteiger partial charge on any atom is -0.325 e. The Labute approximate surface area is 146 Å². The highest BCUT2D eigenvalue weighted by Crippen LogP contribution is 2.28. The summed E-state index contributed by atoms with van der Waals surface area (Å²) in [4.78, 5) is 35.4. The maximum atomic E-state index is 12.7. The molecule has 0 aromatic heterocycles. The molecule has 0 aliphatic heterocycles. The van der Waals surface area contributed by atoms with Gasteiger partial charge in [-0.3, -0.25) is 19.7 Å². The second-order valence-electron chi connectivity index (χ2n) is 5.98. The normalized spacial score (nSPS) is 12.9. The summed E-state index contributed by atoms with van der Waals surface area (Å²) in [5.74, 6) is -2.89. The van der Waals surface area contributed by atoms with Crippen LogP contribution in [0.5, 0.6) is 0 Å². The van der Waals surface area contributed by atoms with Crippen molar-refractivity contribution in [3.8, 4) is 0 Å². The van der Waals surface area contributed by atoms with Crippen LogP contribution < -0.4 is 5.32 Å². The second-order valence-corrected chi connectivity index (χ2v) is 5.98. The Kier molecular flexibility index (Phi) is 6.00. The topological polar surface area (TPSA) is 89.3 Å². The molecule has 0 saturated carbocycles. The van der Waals surface area contributed by atoms with Gasteiger partial charge < -0.3 is 5.32 Å². The zero-order valence-electron chi connectivity index (χ0n) is 14.1. The van der Waals surface area contributed by atoms with Crippen LogP contribution in [0.4, 0.5) is 5.69 Å². The lowest BCUT2D eigenvalue weighted by Gasteiger charge is -2.22. The Morgan fingerprint density at radius 2 is 1.68 bits per heavy atom. The van der Waals surface area contributed by atoms with Gasteiger partial charge in [0.25, 0.3) is 0 Å². The molecule has 0 aliphatic carbocycles. The summed E-state index contributed by atoms with van der Waals surface area (Å²) >= 11 is 0. The van der Waals surface area contributed by atoms with Gasteiger partial charge in [-0.15, -0.1) is 0 Å². The van der Waals surface area contributed by atoms with Gasteiger partial charge >= 0.3 is 0 Å². The van der Waals surface area contributed by atoms with E-state index in [1.165, 1.54) is 6.92 Å². The van der Waals surface area contributed by atoms with E-state index in [1.54, 1.807) is 42.5 Å². The smallest absolute Gasteiger partial charge is 0.235 e. The fourth-order valence-electron chi connectivity index (χ4n) is 2.77. The zero-order chi connectivity index (χ0) is 18.4. The fourth-order valence-corrected chi connectivity index (χ4v) is 2.77. The van der Waals surface area contributed by atoms with E-state index in [0.717, 1.165) is 5.56 Å². The molecule has 2 rings (SSSR count). The first-order valence-corrected chi connectivity index (χ1v) is 7.93. The summed E-state index contributed by atoms with van der Waals surface area (Å²) < 4.78 is 0. The molecule has 6 heteroatoms. The number of nitrogens with zero attached hydrogens (tertiary/aromatic N) is 1. The number of ketones is 1. The molecule has 0 heterocycles. The number of carbonyl (C=O) groups is 2. The van der Waals surface area contributed by atoms with Gasteiger partial charge in [-0.25, -0.2) is 0 Å². The van der Waals surface area contributed by atoms with Crippen LogP contribution in [-0.2, 0) is 9.59 Å². The summed E-state index contributed by atoms with van der Waals surface area (Å²) in [6, 6.07) is 15.8. The molecule has 25 heavy (non-hydrogen) atoms. The van der Waals surface area contributed by atoms with Gasteiger partial charge in [-0.05, 0) is 31.5 Å². The molecular formula is C19H20N2O4. The highest BCUT2D eigenvalue weighted by atomic mass is 16.6. The number of aryl methyl sites for hydroxylation is 1. The molecule has 2 atom stereocenters. The SMILES string of the molecule is CC(=O)C(C(=O)Nc1ccccc1)C(C[N+](=O)[O-])c1ccc(C)cc1. The lowest BCUT2D eigenvalue weighted by atomic mass is 9.82. The lowest BCUT2D eigenvalue weighted by Crippen LogP contribution is -2.36. The standard InChI is InChI=1S/C19H20N2O4/c1-13-8-10-15(11-9-13)17(12-21(24)25)18(14(2)22)19(23)20-16-6-4-3-5-7-16/h3-11,17-18H,12H2,1-2H3,(H,20,23). The van der Waals surface area contributed by atoms with Crippen molar-refractivity contribution in [1.82, 2.24) is 0 Å². The molecule has 0 fully saturated rings. The number of rotatable bonds is 7. The fraction of sp³-hybridized carbons (Fsp3) is 0.263. The Bertz CT molecular complexity index is 757. The van der Waals surface area contributed by atoms with Crippen LogP contribution in [0.2, 0.25) is 0 Å². The van der Waals surface area contributed by atoms with E-state index >= 15 is 0 Å². The Hall–Kier alpha value is -3.02. The van der Waals surface area contributed by atoms with Gasteiger partial charge in [0.1, 0.15) is 11.7 Å². The van der Waals surface area contributed by atoms with Crippen LogP contribution in [0.25, 0.3) is 0 Å². The van der Waals surface area contributed by atoms with Crippen LogP contribution in [-0.4, -0.2) is 23.2 Å². The van der Waals surface area contributed by atoms with Gasteiger partial charge in [0.05, 0.1) is 5.92 Å². The summed E-state index contributed by atoms with van der Waals surface area (Å²) in [5.41, 5.74) is 2.14. The van der Waals surface area contributed by atoms with Crippen molar-refractivity contribution in [2.24, 2.45) is 5.92 Å². The summed E-state index contributed by atoms with van der Waals surface area (Å²) in [7, 11) is 0. The minimum absolute atomic E-state index is 0.402. The summed E-state index contributed by atoms with van der Waals surface area (Å²) in [6.45, 7) is 2.70. The predicted molar refractivity (Wildman–Crippen MR) is 95.0 cm³/mol. The number of benzene rings is 2. The molecule has 2 aromatic carbocycles. The molecule has 130 valence electrons. The van der Waals surface area contributed by atoms with Crippen molar-refractivity contribution in [2.75, 3.05) is 11.9 Å². The first-order chi connectivity index (χ1) is 11.9. The van der Waals surface area contributed by atoms with Crippen LogP contribution in [0.1, 0.15) is 24.0 Å². The molecular weight excluding hydrogens is 320 g/mol. The molecule has 2 unspecified atom stereocenters. The number of Topliss-reactive ketones (excluding diaryl/α,β-unsaturated/α-hetero) is 1. The molecule has 0 spiro atoms. The average Bonchev–Trinajstić information content (AvgIpc) is 2.55. The maximum absolute atomic E-state index is 12.7. The molecule has 2 aromatic rings. The Balaban J connectivity index is 2.34. The maximum Gasteiger partial charge on any atom is 0.235 e. The first kappa shape index (κ1) is 18.3. The molecule has 6 nitrogen and oxygen atoms in total. The van der Waals surface area contributed by atoms with Gasteiger partial charge in [-0.2, -0.15) is 0 Å². The van der Waals surface area contributed by atoms with Crippen molar-refractivity contribution < 1.29 is 14.5 Å². The van der Waals surface area contributed by atoms with E-state index in [2.05, 4.69) is 5.32 Å². The van der Waals surface area contributed by atoms with Crippen molar-refractivity contribution in [3.63, 3.8) is 0 Å². The average molecular weight is 340 g/mol. The monoisotopic (exact) mass is 340 g/mol. The van der Waals surface area contributed by atoms with Gasteiger partial charge in [-0.1, -0.05) is 48.0 Å². The summed E-state index contributed by atoms with van der Waals surface area (Å²) in [6.07, 6.45) is 0. The van der Waals surface area contributed by atoms with Gasteiger partial charge in [0.2, 0.25) is 12.5 Å². The molecule has 0 radical (unpaired) electrons. The molecule has 0 aliphatic rings. The third-order valence-corrected chi connectivity index (χ3v) is 4.02. The van der Waals surface area contributed by atoms with E-state index in [0.29, 0.717) is 11.3 Å². The molecule has 0 bridgehead atoms. The lowest BCUT2D eigenvalue weighted by molar-refractivity contribution is -0.484. The highest BCUT2D eigenvalue weighted by molar-refractivity contribution is 6.07. The van der Waals surface area contributed by atoms with Crippen LogP contribution in [0, 0.1) is 23.0 Å². The van der Waals surface area contributed by atoms with E-state index in [4.69, 9.17) is 0 Å². The van der Waals surface area contributed by atoms with Crippen molar-refractivity contribution in [3.05, 3.63) is 75.8 Å². The van der Waals surface area contributed by atoms with Crippen molar-refractivity contribution in [1.29, 1.82) is 0 Å². The van der Waals surface area contributed by atoms with Crippen molar-refractivity contribution in [2.45, 2.75) is 19.8 Å².